The Bertz CT molecular complexity index is 358. The van der Waals surface area contributed by atoms with E-state index in [0.29, 0.717) is 11.1 Å². The predicted octanol–water partition coefficient (Wildman–Crippen LogP) is 5.18. The second-order valence-corrected chi connectivity index (χ2v) is 6.11. The predicted molar refractivity (Wildman–Crippen MR) is 85.1 cm³/mol. The van der Waals surface area contributed by atoms with Crippen molar-refractivity contribution >= 4 is 35.0 Å². The van der Waals surface area contributed by atoms with E-state index in [1.165, 1.54) is 18.6 Å². The summed E-state index contributed by atoms with van der Waals surface area (Å²) in [5, 5.41) is 5.02. The number of thioether (sulfide) groups is 1. The van der Waals surface area contributed by atoms with E-state index in [1.54, 1.807) is 0 Å². The van der Waals surface area contributed by atoms with Crippen LogP contribution < -0.4 is 5.32 Å². The molecule has 4 heteroatoms. The summed E-state index contributed by atoms with van der Waals surface area (Å²) in [6, 6.07) is 6.06. The number of hydrogen-bond acceptors (Lipinski definition) is 2. The second kappa shape index (κ2) is 9.08. The van der Waals surface area contributed by atoms with Crippen molar-refractivity contribution < 1.29 is 0 Å². The molecule has 0 bridgehead atoms. The third-order valence-electron chi connectivity index (χ3n) is 2.91. The van der Waals surface area contributed by atoms with Gasteiger partial charge in [0.2, 0.25) is 0 Å². The molecule has 1 unspecified atom stereocenters. The SMILES string of the molecule is CCC(NCCCCSC)c1ccc(Cl)cc1Cl. The smallest absolute Gasteiger partial charge is 0.0468 e. The number of hydrogen-bond donors (Lipinski definition) is 1. The Balaban J connectivity index is 2.49. The van der Waals surface area contributed by atoms with Gasteiger partial charge in [-0.1, -0.05) is 36.2 Å². The van der Waals surface area contributed by atoms with Gasteiger partial charge in [-0.25, -0.2) is 0 Å². The summed E-state index contributed by atoms with van der Waals surface area (Å²) in [4.78, 5) is 0. The minimum Gasteiger partial charge on any atom is -0.310 e. The molecule has 0 aliphatic heterocycles. The molecule has 102 valence electrons. The molecule has 0 radical (unpaired) electrons. The van der Waals surface area contributed by atoms with Gasteiger partial charge in [-0.2, -0.15) is 11.8 Å². The van der Waals surface area contributed by atoms with Crippen molar-refractivity contribution in [3.8, 4) is 0 Å². The third kappa shape index (κ3) is 5.40. The van der Waals surface area contributed by atoms with Crippen LogP contribution in [0.1, 0.15) is 37.8 Å². The number of nitrogens with one attached hydrogen (secondary N) is 1. The van der Waals surface area contributed by atoms with Crippen molar-refractivity contribution in [2.24, 2.45) is 0 Å². The van der Waals surface area contributed by atoms with Crippen LogP contribution in [0.15, 0.2) is 18.2 Å². The summed E-state index contributed by atoms with van der Waals surface area (Å²) in [6.45, 7) is 3.21. The number of rotatable bonds is 8. The molecule has 1 N–H and O–H groups in total. The van der Waals surface area contributed by atoms with Crippen molar-refractivity contribution in [2.45, 2.75) is 32.2 Å². The fourth-order valence-corrected chi connectivity index (χ4v) is 2.94. The maximum atomic E-state index is 6.24. The standard InChI is InChI=1S/C14H21Cl2NS/c1-3-14(17-8-4-5-9-18-2)12-7-6-11(15)10-13(12)16/h6-7,10,14,17H,3-5,8-9H2,1-2H3. The van der Waals surface area contributed by atoms with Gasteiger partial charge in [0.1, 0.15) is 0 Å². The lowest BCUT2D eigenvalue weighted by atomic mass is 10.0. The van der Waals surface area contributed by atoms with E-state index in [0.717, 1.165) is 23.6 Å². The fraction of sp³-hybridized carbons (Fsp3) is 0.571. The highest BCUT2D eigenvalue weighted by Crippen LogP contribution is 2.27. The summed E-state index contributed by atoms with van der Waals surface area (Å²) < 4.78 is 0. The van der Waals surface area contributed by atoms with Crippen LogP contribution in [-0.2, 0) is 0 Å². The van der Waals surface area contributed by atoms with E-state index in [4.69, 9.17) is 23.2 Å². The second-order valence-electron chi connectivity index (χ2n) is 4.28. The van der Waals surface area contributed by atoms with Gasteiger partial charge >= 0.3 is 0 Å². The molecule has 1 nitrogen and oxygen atoms in total. The molecule has 0 spiro atoms. The summed E-state index contributed by atoms with van der Waals surface area (Å²) in [7, 11) is 0. The first-order valence-electron chi connectivity index (χ1n) is 6.36. The number of benzene rings is 1. The van der Waals surface area contributed by atoms with Gasteiger partial charge in [0, 0.05) is 16.1 Å². The highest BCUT2D eigenvalue weighted by molar-refractivity contribution is 7.98. The van der Waals surface area contributed by atoms with Gasteiger partial charge in [0.25, 0.3) is 0 Å². The lowest BCUT2D eigenvalue weighted by molar-refractivity contribution is 0.509. The topological polar surface area (TPSA) is 12.0 Å². The molecule has 0 heterocycles. The van der Waals surface area contributed by atoms with Crippen LogP contribution in [-0.4, -0.2) is 18.6 Å². The van der Waals surface area contributed by atoms with Gasteiger partial charge in [-0.05, 0) is 55.5 Å². The third-order valence-corrected chi connectivity index (χ3v) is 4.17. The molecule has 0 saturated carbocycles. The molecule has 1 aromatic rings. The summed E-state index contributed by atoms with van der Waals surface area (Å²) in [5.41, 5.74) is 1.15. The van der Waals surface area contributed by atoms with Gasteiger partial charge in [-0.3, -0.25) is 0 Å². The van der Waals surface area contributed by atoms with Crippen LogP contribution in [0.2, 0.25) is 10.0 Å². The first-order valence-corrected chi connectivity index (χ1v) is 8.51. The Morgan fingerprint density at radius 2 is 2.06 bits per heavy atom. The van der Waals surface area contributed by atoms with Gasteiger partial charge in [0.05, 0.1) is 0 Å². The van der Waals surface area contributed by atoms with E-state index >= 15 is 0 Å². The summed E-state index contributed by atoms with van der Waals surface area (Å²) in [6.07, 6.45) is 5.65. The van der Waals surface area contributed by atoms with Crippen molar-refractivity contribution in [1.82, 2.24) is 5.32 Å². The molecular formula is C14H21Cl2NS. The molecule has 0 aliphatic rings. The average molecular weight is 306 g/mol. The van der Waals surface area contributed by atoms with Crippen LogP contribution in [0.3, 0.4) is 0 Å². The minimum atomic E-state index is 0.323. The van der Waals surface area contributed by atoms with Crippen molar-refractivity contribution in [3.63, 3.8) is 0 Å². The average Bonchev–Trinajstić information content (AvgIpc) is 2.35. The zero-order chi connectivity index (χ0) is 13.4. The molecule has 0 aliphatic carbocycles. The molecular weight excluding hydrogens is 285 g/mol. The van der Waals surface area contributed by atoms with Crippen LogP contribution >= 0.6 is 35.0 Å². The largest absolute Gasteiger partial charge is 0.310 e. The van der Waals surface area contributed by atoms with Crippen molar-refractivity contribution in [1.29, 1.82) is 0 Å². The van der Waals surface area contributed by atoms with Gasteiger partial charge in [0.15, 0.2) is 0 Å². The Labute approximate surface area is 125 Å². The Morgan fingerprint density at radius 3 is 2.67 bits per heavy atom. The van der Waals surface area contributed by atoms with Crippen LogP contribution in [0, 0.1) is 0 Å². The molecule has 0 aromatic heterocycles. The molecule has 0 fully saturated rings. The quantitative estimate of drug-likeness (QED) is 0.664. The maximum absolute atomic E-state index is 6.24. The number of halogens is 2. The van der Waals surface area contributed by atoms with E-state index in [2.05, 4.69) is 18.5 Å². The summed E-state index contributed by atoms with van der Waals surface area (Å²) in [5.74, 6) is 1.24. The van der Waals surface area contributed by atoms with Crippen LogP contribution in [0.25, 0.3) is 0 Å². The van der Waals surface area contributed by atoms with Crippen molar-refractivity contribution in [2.75, 3.05) is 18.6 Å². The minimum absolute atomic E-state index is 0.323. The van der Waals surface area contributed by atoms with Crippen LogP contribution in [0.4, 0.5) is 0 Å². The first kappa shape index (κ1) is 16.2. The summed E-state index contributed by atoms with van der Waals surface area (Å²) >= 11 is 14.1. The van der Waals surface area contributed by atoms with E-state index < -0.39 is 0 Å². The molecule has 1 atom stereocenters. The molecule has 0 amide bonds. The fourth-order valence-electron chi connectivity index (χ4n) is 1.91. The highest BCUT2D eigenvalue weighted by Gasteiger charge is 2.12. The Hall–Kier alpha value is 0.110. The molecule has 18 heavy (non-hydrogen) atoms. The monoisotopic (exact) mass is 305 g/mol. The number of unbranched alkanes of at least 4 members (excludes halogenated alkanes) is 1. The van der Waals surface area contributed by atoms with Gasteiger partial charge in [-0.15, -0.1) is 0 Å². The molecule has 1 aromatic carbocycles. The van der Waals surface area contributed by atoms with Crippen molar-refractivity contribution in [3.05, 3.63) is 33.8 Å². The lowest BCUT2D eigenvalue weighted by Crippen LogP contribution is -2.22. The first-order chi connectivity index (χ1) is 8.69. The van der Waals surface area contributed by atoms with Gasteiger partial charge < -0.3 is 5.32 Å². The highest BCUT2D eigenvalue weighted by atomic mass is 35.5. The Kier molecular flexibility index (Phi) is 8.16. The van der Waals surface area contributed by atoms with Crippen LogP contribution in [0.5, 0.6) is 0 Å². The molecule has 1 rings (SSSR count). The molecule has 0 saturated heterocycles. The van der Waals surface area contributed by atoms with E-state index in [1.807, 2.05) is 30.0 Å². The van der Waals surface area contributed by atoms with E-state index in [9.17, 15) is 0 Å². The maximum Gasteiger partial charge on any atom is 0.0468 e. The van der Waals surface area contributed by atoms with E-state index in [-0.39, 0.29) is 0 Å². The Morgan fingerprint density at radius 1 is 1.28 bits per heavy atom. The normalized spacial score (nSPS) is 12.7. The zero-order valence-electron chi connectivity index (χ0n) is 11.0. The lowest BCUT2D eigenvalue weighted by Gasteiger charge is -2.19. The zero-order valence-corrected chi connectivity index (χ0v) is 13.3.